The molecule has 2 aromatic rings. The first-order valence-electron chi connectivity index (χ1n) is 6.32. The van der Waals surface area contributed by atoms with Gasteiger partial charge in [0.25, 0.3) is 0 Å². The Bertz CT molecular complexity index is 600. The van der Waals surface area contributed by atoms with Crippen molar-refractivity contribution in [1.82, 2.24) is 20.2 Å². The second kappa shape index (κ2) is 7.14. The number of carbonyl (C=O) groups is 1. The number of methoxy groups -OCH3 is 1. The molecule has 2 rings (SSSR count). The molecule has 1 N–H and O–H groups in total. The summed E-state index contributed by atoms with van der Waals surface area (Å²) >= 11 is 5.84. The molecule has 0 fully saturated rings. The number of carboxylic acids is 1. The number of aliphatic carboxylic acids is 1. The number of nitrogens with zero attached hydrogens (tertiary/aromatic N) is 4. The van der Waals surface area contributed by atoms with Crippen LogP contribution in [0.25, 0.3) is 0 Å². The molecule has 0 amide bonds. The number of carboxylic acid groups (broad SMARTS) is 1. The summed E-state index contributed by atoms with van der Waals surface area (Å²) < 4.78 is 6.70. The third kappa shape index (κ3) is 4.51. The fourth-order valence-corrected chi connectivity index (χ4v) is 2.01. The SMILES string of the molecule is COC(CC(=O)O)Cn1nnnc1Cc1ccc(Cl)cc1. The zero-order valence-electron chi connectivity index (χ0n) is 11.4. The van der Waals surface area contributed by atoms with E-state index in [4.69, 9.17) is 21.4 Å². The molecule has 0 spiro atoms. The molecule has 8 heteroatoms. The van der Waals surface area contributed by atoms with Crippen LogP contribution in [0.1, 0.15) is 17.8 Å². The molecule has 0 aliphatic carbocycles. The Morgan fingerprint density at radius 1 is 1.43 bits per heavy atom. The first-order chi connectivity index (χ1) is 10.1. The second-order valence-electron chi connectivity index (χ2n) is 4.54. The van der Waals surface area contributed by atoms with Crippen LogP contribution in [-0.4, -0.2) is 44.5 Å². The van der Waals surface area contributed by atoms with Gasteiger partial charge in [0.1, 0.15) is 0 Å². The summed E-state index contributed by atoms with van der Waals surface area (Å²) in [5, 5.41) is 21.0. The predicted molar refractivity (Wildman–Crippen MR) is 75.1 cm³/mol. The summed E-state index contributed by atoms with van der Waals surface area (Å²) in [5.41, 5.74) is 1.02. The minimum Gasteiger partial charge on any atom is -0.481 e. The van der Waals surface area contributed by atoms with Gasteiger partial charge in [-0.15, -0.1) is 5.10 Å². The highest BCUT2D eigenvalue weighted by molar-refractivity contribution is 6.30. The Labute approximate surface area is 126 Å². The van der Waals surface area contributed by atoms with Gasteiger partial charge in [0.05, 0.1) is 19.1 Å². The summed E-state index contributed by atoms with van der Waals surface area (Å²) in [6.07, 6.45) is -0.0419. The molecular formula is C13H15ClN4O3. The van der Waals surface area contributed by atoms with Gasteiger partial charge in [-0.1, -0.05) is 23.7 Å². The van der Waals surface area contributed by atoms with E-state index in [1.54, 1.807) is 16.8 Å². The maximum atomic E-state index is 10.8. The number of aromatic nitrogens is 4. The lowest BCUT2D eigenvalue weighted by Gasteiger charge is -2.13. The molecular weight excluding hydrogens is 296 g/mol. The highest BCUT2D eigenvalue weighted by Crippen LogP contribution is 2.13. The Morgan fingerprint density at radius 3 is 2.76 bits per heavy atom. The van der Waals surface area contributed by atoms with Gasteiger partial charge in [0.15, 0.2) is 5.82 Å². The zero-order valence-corrected chi connectivity index (χ0v) is 12.2. The van der Waals surface area contributed by atoms with Gasteiger partial charge < -0.3 is 9.84 Å². The van der Waals surface area contributed by atoms with Crippen LogP contribution in [0.5, 0.6) is 0 Å². The van der Waals surface area contributed by atoms with Gasteiger partial charge in [0, 0.05) is 18.6 Å². The van der Waals surface area contributed by atoms with E-state index in [0.29, 0.717) is 23.8 Å². The summed E-state index contributed by atoms with van der Waals surface area (Å²) in [6, 6.07) is 7.39. The van der Waals surface area contributed by atoms with E-state index >= 15 is 0 Å². The smallest absolute Gasteiger partial charge is 0.306 e. The second-order valence-corrected chi connectivity index (χ2v) is 4.97. The van der Waals surface area contributed by atoms with Crippen molar-refractivity contribution in [2.45, 2.75) is 25.5 Å². The van der Waals surface area contributed by atoms with Crippen molar-refractivity contribution >= 4 is 17.6 Å². The summed E-state index contributed by atoms with van der Waals surface area (Å²) in [4.78, 5) is 10.8. The van der Waals surface area contributed by atoms with Crippen LogP contribution in [-0.2, 0) is 22.5 Å². The predicted octanol–water partition coefficient (Wildman–Crippen LogP) is 1.41. The molecule has 0 aliphatic heterocycles. The van der Waals surface area contributed by atoms with Crippen LogP contribution in [0.2, 0.25) is 5.02 Å². The molecule has 0 bridgehead atoms. The van der Waals surface area contributed by atoms with Crippen LogP contribution < -0.4 is 0 Å². The topological polar surface area (TPSA) is 90.1 Å². The minimum atomic E-state index is -0.922. The molecule has 1 aromatic heterocycles. The van der Waals surface area contributed by atoms with Gasteiger partial charge in [-0.05, 0) is 28.1 Å². The van der Waals surface area contributed by atoms with Gasteiger partial charge in [-0.25, -0.2) is 4.68 Å². The van der Waals surface area contributed by atoms with Crippen LogP contribution in [0.3, 0.4) is 0 Å². The van der Waals surface area contributed by atoms with Crippen molar-refractivity contribution in [3.63, 3.8) is 0 Å². The quantitative estimate of drug-likeness (QED) is 0.831. The number of rotatable bonds is 7. The molecule has 1 aromatic carbocycles. The van der Waals surface area contributed by atoms with Crippen LogP contribution >= 0.6 is 11.6 Å². The molecule has 0 radical (unpaired) electrons. The first-order valence-corrected chi connectivity index (χ1v) is 6.70. The molecule has 0 saturated heterocycles. The molecule has 112 valence electrons. The lowest BCUT2D eigenvalue weighted by Crippen LogP contribution is -2.24. The summed E-state index contributed by atoms with van der Waals surface area (Å²) in [7, 11) is 1.47. The van der Waals surface area contributed by atoms with Gasteiger partial charge in [-0.3, -0.25) is 4.79 Å². The summed E-state index contributed by atoms with van der Waals surface area (Å²) in [6.45, 7) is 0.290. The average Bonchev–Trinajstić information content (AvgIpc) is 2.87. The standard InChI is InChI=1S/C13H15ClN4O3/c1-21-11(7-13(19)20)8-18-12(15-16-17-18)6-9-2-4-10(14)5-3-9/h2-5,11H,6-8H2,1H3,(H,19,20). The third-order valence-corrected chi connectivity index (χ3v) is 3.25. The highest BCUT2D eigenvalue weighted by Gasteiger charge is 2.16. The number of halogens is 1. The van der Waals surface area contributed by atoms with Crippen LogP contribution in [0.4, 0.5) is 0 Å². The molecule has 1 unspecified atom stereocenters. The third-order valence-electron chi connectivity index (χ3n) is 2.99. The molecule has 1 atom stereocenters. The van der Waals surface area contributed by atoms with Crippen LogP contribution in [0, 0.1) is 0 Å². The normalized spacial score (nSPS) is 12.3. The largest absolute Gasteiger partial charge is 0.481 e. The van der Waals surface area contributed by atoms with Crippen molar-refractivity contribution < 1.29 is 14.6 Å². The first kappa shape index (κ1) is 15.4. The van der Waals surface area contributed by atoms with Crippen molar-refractivity contribution in [1.29, 1.82) is 0 Å². The van der Waals surface area contributed by atoms with Gasteiger partial charge in [-0.2, -0.15) is 0 Å². The zero-order chi connectivity index (χ0) is 15.2. The van der Waals surface area contributed by atoms with E-state index < -0.39 is 12.1 Å². The molecule has 7 nitrogen and oxygen atoms in total. The van der Waals surface area contributed by atoms with Crippen molar-refractivity contribution in [2.24, 2.45) is 0 Å². The summed E-state index contributed by atoms with van der Waals surface area (Å²) in [5.74, 6) is -0.279. The maximum absolute atomic E-state index is 10.8. The Hall–Kier alpha value is -1.99. The van der Waals surface area contributed by atoms with E-state index in [0.717, 1.165) is 5.56 Å². The fraction of sp³-hybridized carbons (Fsp3) is 0.385. The van der Waals surface area contributed by atoms with E-state index in [9.17, 15) is 4.79 Å². The molecule has 0 saturated carbocycles. The van der Waals surface area contributed by atoms with E-state index in [1.165, 1.54) is 7.11 Å². The lowest BCUT2D eigenvalue weighted by atomic mass is 10.1. The molecule has 1 heterocycles. The number of tetrazole rings is 1. The Balaban J connectivity index is 2.07. The number of benzene rings is 1. The minimum absolute atomic E-state index is 0.100. The number of hydrogen-bond donors (Lipinski definition) is 1. The average molecular weight is 311 g/mol. The van der Waals surface area contributed by atoms with E-state index in [2.05, 4.69) is 15.5 Å². The Kier molecular flexibility index (Phi) is 5.24. The maximum Gasteiger partial charge on any atom is 0.306 e. The van der Waals surface area contributed by atoms with Crippen molar-refractivity contribution in [3.05, 3.63) is 40.7 Å². The van der Waals surface area contributed by atoms with Gasteiger partial charge >= 0.3 is 5.97 Å². The highest BCUT2D eigenvalue weighted by atomic mass is 35.5. The lowest BCUT2D eigenvalue weighted by molar-refractivity contribution is -0.140. The van der Waals surface area contributed by atoms with Crippen molar-refractivity contribution in [3.8, 4) is 0 Å². The molecule has 21 heavy (non-hydrogen) atoms. The van der Waals surface area contributed by atoms with Gasteiger partial charge in [0.2, 0.25) is 0 Å². The number of hydrogen-bond acceptors (Lipinski definition) is 5. The van der Waals surface area contributed by atoms with Crippen LogP contribution in [0.15, 0.2) is 24.3 Å². The molecule has 0 aliphatic rings. The van der Waals surface area contributed by atoms with E-state index in [-0.39, 0.29) is 6.42 Å². The van der Waals surface area contributed by atoms with Crippen molar-refractivity contribution in [2.75, 3.05) is 7.11 Å². The van der Waals surface area contributed by atoms with E-state index in [1.807, 2.05) is 12.1 Å². The number of ether oxygens (including phenoxy) is 1. The fourth-order valence-electron chi connectivity index (χ4n) is 1.89. The monoisotopic (exact) mass is 310 g/mol. The Morgan fingerprint density at radius 2 is 2.14 bits per heavy atom.